The number of carbonyl (C=O) groups excluding carboxylic acids is 1. The number of allylic oxidation sites excluding steroid dienone is 1. The van der Waals surface area contributed by atoms with Crippen LogP contribution in [0.4, 0.5) is 9.93 Å². The highest BCUT2D eigenvalue weighted by molar-refractivity contribution is 7.15. The van der Waals surface area contributed by atoms with Crippen LogP contribution in [0.3, 0.4) is 0 Å². The van der Waals surface area contributed by atoms with Crippen LogP contribution in [0.25, 0.3) is 0 Å². The Kier molecular flexibility index (Phi) is 3.39. The van der Waals surface area contributed by atoms with Crippen LogP contribution in [0.5, 0.6) is 0 Å². The van der Waals surface area contributed by atoms with E-state index in [1.807, 2.05) is 0 Å². The molecule has 1 aliphatic heterocycles. The molecule has 2 heterocycles. The minimum atomic E-state index is -0.816. The molecule has 6 nitrogen and oxygen atoms in total. The Morgan fingerprint density at radius 1 is 1.65 bits per heavy atom. The minimum absolute atomic E-state index is 0.245. The summed E-state index contributed by atoms with van der Waals surface area (Å²) < 4.78 is 0. The molecule has 1 N–H and O–H groups in total. The van der Waals surface area contributed by atoms with Crippen molar-refractivity contribution in [2.24, 2.45) is 0 Å². The molecule has 0 radical (unpaired) electrons. The third kappa shape index (κ3) is 2.29. The summed E-state index contributed by atoms with van der Waals surface area (Å²) in [5.74, 6) is 0. The molecule has 92 valence electrons. The molecule has 0 saturated carbocycles. The van der Waals surface area contributed by atoms with E-state index >= 15 is 0 Å². The van der Waals surface area contributed by atoms with Crippen LogP contribution < -0.4 is 4.90 Å². The lowest BCUT2D eigenvalue weighted by Gasteiger charge is -2.35. The monoisotopic (exact) mass is 254 g/mol. The quantitative estimate of drug-likeness (QED) is 0.812. The fraction of sp³-hybridized carbons (Fsp3) is 0.500. The molecular weight excluding hydrogens is 240 g/mol. The molecule has 1 atom stereocenters. The molecular formula is C10H14N4O2S. The van der Waals surface area contributed by atoms with Gasteiger partial charge in [0.2, 0.25) is 5.13 Å². The van der Waals surface area contributed by atoms with Gasteiger partial charge in [0.25, 0.3) is 0 Å². The van der Waals surface area contributed by atoms with Gasteiger partial charge in [-0.3, -0.25) is 0 Å². The van der Waals surface area contributed by atoms with E-state index in [4.69, 9.17) is 0 Å². The first-order chi connectivity index (χ1) is 8.13. The number of carbonyl (C=O) groups is 1. The van der Waals surface area contributed by atoms with Crippen LogP contribution >= 0.6 is 11.3 Å². The lowest BCUT2D eigenvalue weighted by molar-refractivity contribution is 0.116. The van der Waals surface area contributed by atoms with Crippen molar-refractivity contribution in [3.05, 3.63) is 17.7 Å². The van der Waals surface area contributed by atoms with Gasteiger partial charge in [-0.05, 0) is 0 Å². The van der Waals surface area contributed by atoms with Crippen LogP contribution in [0, 0.1) is 0 Å². The largest absolute Gasteiger partial charge is 0.373 e. The molecule has 0 bridgehead atoms. The van der Waals surface area contributed by atoms with Crippen molar-refractivity contribution in [3.8, 4) is 0 Å². The van der Waals surface area contributed by atoms with Gasteiger partial charge in [-0.1, -0.05) is 17.4 Å². The second kappa shape index (κ2) is 4.80. The van der Waals surface area contributed by atoms with Crippen LogP contribution in [-0.4, -0.2) is 46.1 Å². The first-order valence-corrected chi connectivity index (χ1v) is 6.11. The van der Waals surface area contributed by atoms with E-state index in [1.165, 1.54) is 16.2 Å². The highest BCUT2D eigenvalue weighted by Gasteiger charge is 2.33. The average Bonchev–Trinajstić information content (AvgIpc) is 2.73. The number of aromatic nitrogens is 2. The number of aliphatic hydroxyl groups excluding tert-OH is 1. The second-order valence-corrected chi connectivity index (χ2v) is 4.86. The third-order valence-electron chi connectivity index (χ3n) is 2.53. The van der Waals surface area contributed by atoms with E-state index in [0.717, 1.165) is 5.01 Å². The number of nitrogens with zero attached hydrogens (tertiary/aromatic N) is 4. The average molecular weight is 254 g/mol. The van der Waals surface area contributed by atoms with Gasteiger partial charge in [-0.2, -0.15) is 0 Å². The maximum Gasteiger partial charge on any atom is 0.328 e. The summed E-state index contributed by atoms with van der Waals surface area (Å²) in [5, 5.41) is 18.9. The highest BCUT2D eigenvalue weighted by Crippen LogP contribution is 2.26. The van der Waals surface area contributed by atoms with Crippen molar-refractivity contribution >= 4 is 22.5 Å². The maximum absolute atomic E-state index is 11.9. The molecule has 1 aliphatic rings. The van der Waals surface area contributed by atoms with Gasteiger partial charge in [0.05, 0.1) is 0 Å². The predicted octanol–water partition coefficient (Wildman–Crippen LogP) is 0.847. The molecule has 0 aromatic carbocycles. The molecule has 2 amide bonds. The Bertz CT molecular complexity index is 434. The number of hydrogen-bond donors (Lipinski definition) is 1. The first kappa shape index (κ1) is 12.0. The second-order valence-electron chi connectivity index (χ2n) is 3.81. The van der Waals surface area contributed by atoms with Crippen LogP contribution in [-0.2, 0) is 6.42 Å². The smallest absolute Gasteiger partial charge is 0.328 e. The third-order valence-corrected chi connectivity index (χ3v) is 3.48. The van der Waals surface area contributed by atoms with Gasteiger partial charge in [-0.15, -0.1) is 16.8 Å². The van der Waals surface area contributed by atoms with Crippen molar-refractivity contribution in [2.75, 3.05) is 18.5 Å². The summed E-state index contributed by atoms with van der Waals surface area (Å²) in [6.45, 7) is 4.17. The Morgan fingerprint density at radius 3 is 3.12 bits per heavy atom. The number of anilines is 1. The number of urea groups is 1. The summed E-state index contributed by atoms with van der Waals surface area (Å²) >= 11 is 1.30. The Morgan fingerprint density at radius 2 is 2.41 bits per heavy atom. The van der Waals surface area contributed by atoms with Crippen LogP contribution in [0.1, 0.15) is 11.4 Å². The van der Waals surface area contributed by atoms with Crippen LogP contribution in [0.15, 0.2) is 12.7 Å². The topological polar surface area (TPSA) is 69.6 Å². The van der Waals surface area contributed by atoms with E-state index in [0.29, 0.717) is 24.5 Å². The Labute approximate surface area is 103 Å². The SMILES string of the molecule is C=CCc1nnc(N2C(=O)N(C)CCC2O)s1. The number of amides is 2. The molecule has 7 heteroatoms. The van der Waals surface area contributed by atoms with E-state index in [9.17, 15) is 9.90 Å². The highest BCUT2D eigenvalue weighted by atomic mass is 32.1. The number of rotatable bonds is 3. The van der Waals surface area contributed by atoms with Crippen molar-refractivity contribution in [3.63, 3.8) is 0 Å². The van der Waals surface area contributed by atoms with Gasteiger partial charge in [0.1, 0.15) is 11.2 Å². The van der Waals surface area contributed by atoms with Gasteiger partial charge in [0, 0.05) is 26.4 Å². The van der Waals surface area contributed by atoms with Gasteiger partial charge >= 0.3 is 6.03 Å². The van der Waals surface area contributed by atoms with Crippen molar-refractivity contribution in [1.82, 2.24) is 15.1 Å². The van der Waals surface area contributed by atoms with Gasteiger partial charge < -0.3 is 10.0 Å². The fourth-order valence-corrected chi connectivity index (χ4v) is 2.48. The normalized spacial score (nSPS) is 20.8. The molecule has 17 heavy (non-hydrogen) atoms. The number of aliphatic hydroxyl groups is 1. The van der Waals surface area contributed by atoms with Crippen molar-refractivity contribution < 1.29 is 9.90 Å². The van der Waals surface area contributed by atoms with E-state index in [1.54, 1.807) is 18.0 Å². The molecule has 0 spiro atoms. The zero-order chi connectivity index (χ0) is 12.4. The molecule has 1 saturated heterocycles. The molecule has 1 unspecified atom stereocenters. The van der Waals surface area contributed by atoms with Gasteiger partial charge in [-0.25, -0.2) is 9.69 Å². The number of hydrogen-bond acceptors (Lipinski definition) is 5. The zero-order valence-electron chi connectivity index (χ0n) is 9.54. The fourth-order valence-electron chi connectivity index (χ4n) is 1.60. The standard InChI is InChI=1S/C10H14N4O2S/c1-3-4-7-11-12-9(17-7)14-8(15)5-6-13(2)10(14)16/h3,8,15H,1,4-6H2,2H3. The van der Waals surface area contributed by atoms with Crippen molar-refractivity contribution in [2.45, 2.75) is 19.1 Å². The molecule has 0 aliphatic carbocycles. The van der Waals surface area contributed by atoms with Crippen molar-refractivity contribution in [1.29, 1.82) is 0 Å². The summed E-state index contributed by atoms with van der Waals surface area (Å²) in [7, 11) is 1.70. The lowest BCUT2D eigenvalue weighted by atomic mass is 10.3. The predicted molar refractivity (Wildman–Crippen MR) is 64.9 cm³/mol. The first-order valence-electron chi connectivity index (χ1n) is 5.29. The zero-order valence-corrected chi connectivity index (χ0v) is 10.4. The summed E-state index contributed by atoms with van der Waals surface area (Å²) in [4.78, 5) is 14.8. The summed E-state index contributed by atoms with van der Waals surface area (Å²) in [5.41, 5.74) is 0. The van der Waals surface area contributed by atoms with Crippen LogP contribution in [0.2, 0.25) is 0 Å². The lowest BCUT2D eigenvalue weighted by Crippen LogP contribution is -2.53. The molecule has 1 fully saturated rings. The maximum atomic E-state index is 11.9. The molecule has 1 aromatic heterocycles. The van der Waals surface area contributed by atoms with Gasteiger partial charge in [0.15, 0.2) is 0 Å². The summed E-state index contributed by atoms with van der Waals surface area (Å²) in [6.07, 6.45) is 2.04. The Balaban J connectivity index is 2.23. The molecule has 2 rings (SSSR count). The van der Waals surface area contributed by atoms with E-state index in [2.05, 4.69) is 16.8 Å². The Hall–Kier alpha value is -1.47. The summed E-state index contributed by atoms with van der Waals surface area (Å²) in [6, 6.07) is -0.245. The minimum Gasteiger partial charge on any atom is -0.373 e. The molecule has 1 aromatic rings. The van der Waals surface area contributed by atoms with E-state index in [-0.39, 0.29) is 6.03 Å². The van der Waals surface area contributed by atoms with E-state index < -0.39 is 6.23 Å².